The maximum Gasteiger partial charge on any atom is 0.472 e. The van der Waals surface area contributed by atoms with Crippen molar-refractivity contribution in [1.82, 2.24) is 0 Å². The average Bonchev–Trinajstić information content (AvgIpc) is 0.755. The lowest BCUT2D eigenvalue weighted by atomic mass is 9.84. The van der Waals surface area contributed by atoms with E-state index in [0.717, 1.165) is 148 Å². The normalized spacial score (nSPS) is 25.3. The Bertz CT molecular complexity index is 2440. The number of hydrogen-bond donors (Lipinski definition) is 10. The predicted molar refractivity (Wildman–Crippen MR) is 444 cm³/mol. The molecule has 0 aromatic rings. The summed E-state index contributed by atoms with van der Waals surface area (Å²) in [5, 5.41) is 102. The van der Waals surface area contributed by atoms with E-state index in [4.69, 9.17) is 46.9 Å². The topological polar surface area (TPSA) is 380 Å². The Labute approximate surface area is 692 Å². The predicted octanol–water partition coefficient (Wildman–Crippen LogP) is 16.8. The van der Waals surface area contributed by atoms with E-state index in [1.54, 1.807) is 0 Å². The molecule has 1 saturated carbocycles. The van der Waals surface area contributed by atoms with Gasteiger partial charge in [-0.3, -0.25) is 28.2 Å². The van der Waals surface area contributed by atoms with Gasteiger partial charge in [-0.15, -0.1) is 0 Å². The van der Waals surface area contributed by atoms with Crippen LogP contribution in [0, 0.1) is 0 Å². The highest BCUT2D eigenvalue weighted by atomic mass is 31.2. The van der Waals surface area contributed by atoms with Crippen molar-refractivity contribution in [2.45, 2.75) is 504 Å². The summed E-state index contributed by atoms with van der Waals surface area (Å²) in [6.07, 6.45) is 26.4. The summed E-state index contributed by atoms with van der Waals surface area (Å²) in [5.41, 5.74) is 0. The lowest BCUT2D eigenvalue weighted by Crippen LogP contribution is -2.70. The summed E-state index contributed by atoms with van der Waals surface area (Å²) in [6.45, 7) is 5.59. The number of hydrogen-bond acceptors (Lipinski definition) is 24. The van der Waals surface area contributed by atoms with Crippen LogP contribution in [0.15, 0.2) is 12.2 Å². The van der Waals surface area contributed by atoms with Crippen molar-refractivity contribution in [1.29, 1.82) is 0 Å². The molecule has 3 fully saturated rings. The number of phosphoric acid groups is 1. The van der Waals surface area contributed by atoms with Gasteiger partial charge in [0.25, 0.3) is 0 Å². The van der Waals surface area contributed by atoms with Crippen molar-refractivity contribution in [2.24, 2.45) is 0 Å². The molecule has 676 valence electrons. The van der Waals surface area contributed by atoms with E-state index >= 15 is 0 Å². The first kappa shape index (κ1) is 106. The highest BCUT2D eigenvalue weighted by Crippen LogP contribution is 2.49. The van der Waals surface area contributed by atoms with Crippen molar-refractivity contribution in [3.05, 3.63) is 12.2 Å². The summed E-state index contributed by atoms with van der Waals surface area (Å²) in [7, 11) is -5.80. The number of carbonyl (C=O) groups is 4. The Hall–Kier alpha value is -2.79. The number of aliphatic hydroxyl groups is 9. The maximum absolute atomic E-state index is 14.9. The van der Waals surface area contributed by atoms with Crippen LogP contribution in [0.2, 0.25) is 0 Å². The van der Waals surface area contributed by atoms with Gasteiger partial charge in [0.1, 0.15) is 92.6 Å². The molecule has 0 bridgehead atoms. The molecule has 0 radical (unpaired) electrons. The molecule has 0 aromatic carbocycles. The van der Waals surface area contributed by atoms with Gasteiger partial charge in [0.15, 0.2) is 24.8 Å². The Morgan fingerprint density at radius 2 is 0.652 bits per heavy atom. The van der Waals surface area contributed by atoms with Crippen LogP contribution in [-0.4, -0.2) is 205 Å². The highest BCUT2D eigenvalue weighted by molar-refractivity contribution is 7.47. The van der Waals surface area contributed by atoms with Crippen LogP contribution in [0.1, 0.15) is 400 Å². The number of carbonyl (C=O) groups excluding carboxylic acids is 4. The van der Waals surface area contributed by atoms with Crippen LogP contribution in [0.25, 0.3) is 0 Å². The zero-order valence-electron chi connectivity index (χ0n) is 71.9. The van der Waals surface area contributed by atoms with Crippen LogP contribution in [0.5, 0.6) is 0 Å². The number of ether oxygens (including phenoxy) is 8. The summed E-state index contributed by atoms with van der Waals surface area (Å²) >= 11 is 0. The largest absolute Gasteiger partial charge is 0.472 e. The number of phosphoric ester groups is 1. The van der Waals surface area contributed by atoms with E-state index in [0.29, 0.717) is 32.1 Å². The molecule has 2 saturated heterocycles. The third kappa shape index (κ3) is 49.2. The molecular formula is C89H165O25P. The van der Waals surface area contributed by atoms with Gasteiger partial charge in [-0.1, -0.05) is 335 Å². The Kier molecular flexibility index (Phi) is 63.6. The first-order chi connectivity index (χ1) is 55.7. The van der Waals surface area contributed by atoms with Gasteiger partial charge >= 0.3 is 31.7 Å². The molecule has 18 unspecified atom stereocenters. The van der Waals surface area contributed by atoms with Crippen LogP contribution in [-0.2, 0) is 70.7 Å². The molecule has 0 spiro atoms. The SMILES string of the molecule is CCCCCC/C=C\CCCCCCCCCC(=O)OCC(COP(=O)(O)OC1C(OC2OC(CO)C(O)C(O)C2O)C(O)C(O)C(OC(=O)CCCCCCCCCCCCCCCCC)C1OC1OC(COC(=O)CCCCCCCCCCCCCCC)C(O)C(O)C1O)OC(=O)CCCCCCCCCCCCCCC. The second-order valence-electron chi connectivity index (χ2n) is 33.2. The molecule has 26 heteroatoms. The summed E-state index contributed by atoms with van der Waals surface area (Å²) in [4.78, 5) is 66.4. The molecule has 2 aliphatic heterocycles. The zero-order valence-corrected chi connectivity index (χ0v) is 72.7. The average molecular weight is 1670 g/mol. The third-order valence-corrected chi connectivity index (χ3v) is 23.8. The number of esters is 4. The lowest BCUT2D eigenvalue weighted by Gasteiger charge is -2.50. The van der Waals surface area contributed by atoms with Crippen molar-refractivity contribution in [3.63, 3.8) is 0 Å². The number of rotatable bonds is 75. The first-order valence-electron chi connectivity index (χ1n) is 46.4. The van der Waals surface area contributed by atoms with Gasteiger partial charge in [0.05, 0.1) is 13.2 Å². The van der Waals surface area contributed by atoms with E-state index in [-0.39, 0.29) is 25.7 Å². The van der Waals surface area contributed by atoms with E-state index in [1.807, 2.05) is 0 Å². The van der Waals surface area contributed by atoms with Crippen molar-refractivity contribution < 1.29 is 122 Å². The van der Waals surface area contributed by atoms with Gasteiger partial charge in [0, 0.05) is 25.7 Å². The van der Waals surface area contributed by atoms with Crippen molar-refractivity contribution in [2.75, 3.05) is 26.4 Å². The molecule has 10 N–H and O–H groups in total. The van der Waals surface area contributed by atoms with Gasteiger partial charge in [-0.2, -0.15) is 0 Å². The van der Waals surface area contributed by atoms with E-state index in [1.165, 1.54) is 167 Å². The fraction of sp³-hybridized carbons (Fsp3) is 0.933. The highest BCUT2D eigenvalue weighted by Gasteiger charge is 2.60. The number of aliphatic hydroxyl groups excluding tert-OH is 9. The van der Waals surface area contributed by atoms with Crippen LogP contribution < -0.4 is 0 Å². The molecule has 2 heterocycles. The second kappa shape index (κ2) is 68.7. The Morgan fingerprint density at radius 3 is 1.04 bits per heavy atom. The Balaban J connectivity index is 1.92. The number of unbranched alkanes of at least 4 members (excludes halogenated alkanes) is 49. The second-order valence-corrected chi connectivity index (χ2v) is 34.6. The summed E-state index contributed by atoms with van der Waals surface area (Å²) in [6, 6.07) is 0. The Morgan fingerprint density at radius 1 is 0.339 bits per heavy atom. The smallest absolute Gasteiger partial charge is 0.463 e. The molecule has 3 aliphatic rings. The molecule has 18 atom stereocenters. The maximum atomic E-state index is 14.9. The quantitative estimate of drug-likeness (QED) is 0.00889. The molecule has 3 rings (SSSR count). The molecule has 0 amide bonds. The minimum absolute atomic E-state index is 0.0186. The lowest BCUT2D eigenvalue weighted by molar-refractivity contribution is -0.360. The standard InChI is InChI=1S/C89H165O25P/c1-5-9-13-17-21-25-29-33-35-39-42-45-49-53-57-61-72(91)105-66-69(108-74(93)63-59-55-51-47-43-38-32-28-24-20-16-12-8-4)67-107-115(103,104)114-87-85(112-88-82(101)78(97)76(95)70(65-90)109-88)81(100)80(99)84(111-75(94)64-60-56-52-48-44-40-36-34-30-26-22-18-14-10-6-2)86(87)113-89-83(102)79(98)77(96)71(110-89)68-106-73(92)62-58-54-50-46-41-37-31-27-23-19-15-11-7-3/h25,29,69-71,76-90,95-102H,5-24,26-28,30-68H2,1-4H3,(H,103,104)/b29-25-. The van der Waals surface area contributed by atoms with Crippen molar-refractivity contribution >= 4 is 31.7 Å². The minimum atomic E-state index is -5.80. The summed E-state index contributed by atoms with van der Waals surface area (Å²) in [5.74, 6) is -2.96. The van der Waals surface area contributed by atoms with E-state index in [2.05, 4.69) is 39.8 Å². The zero-order chi connectivity index (χ0) is 84.0. The van der Waals surface area contributed by atoms with Crippen LogP contribution in [0.4, 0.5) is 0 Å². The van der Waals surface area contributed by atoms with E-state index in [9.17, 15) is 74.6 Å². The molecular weight excluding hydrogens is 1500 g/mol. The van der Waals surface area contributed by atoms with Gasteiger partial charge < -0.3 is 88.7 Å². The first-order valence-corrected chi connectivity index (χ1v) is 47.9. The number of allylic oxidation sites excluding steroid dienone is 2. The van der Waals surface area contributed by atoms with E-state index < -0.39 is 162 Å². The van der Waals surface area contributed by atoms with Gasteiger partial charge in [-0.25, -0.2) is 4.57 Å². The van der Waals surface area contributed by atoms with Gasteiger partial charge in [0.2, 0.25) is 0 Å². The monoisotopic (exact) mass is 1670 g/mol. The molecule has 115 heavy (non-hydrogen) atoms. The molecule has 25 nitrogen and oxygen atoms in total. The fourth-order valence-electron chi connectivity index (χ4n) is 15.4. The van der Waals surface area contributed by atoms with Crippen molar-refractivity contribution in [3.8, 4) is 0 Å². The van der Waals surface area contributed by atoms with Crippen LogP contribution in [0.3, 0.4) is 0 Å². The summed E-state index contributed by atoms with van der Waals surface area (Å²) < 4.78 is 73.4. The van der Waals surface area contributed by atoms with Gasteiger partial charge in [-0.05, 0) is 51.4 Å². The molecule has 1 aliphatic carbocycles. The van der Waals surface area contributed by atoms with Crippen LogP contribution >= 0.6 is 7.82 Å². The fourth-order valence-corrected chi connectivity index (χ4v) is 16.3. The third-order valence-electron chi connectivity index (χ3n) is 22.8. The molecule has 0 aromatic heterocycles. The minimum Gasteiger partial charge on any atom is -0.463 e.